The number of imide groups is 1. The lowest BCUT2D eigenvalue weighted by Crippen LogP contribution is -2.47. The lowest BCUT2D eigenvalue weighted by molar-refractivity contribution is -0.124. The lowest BCUT2D eigenvalue weighted by atomic mass is 10.1. The molecule has 0 aliphatic carbocycles. The highest BCUT2D eigenvalue weighted by Gasteiger charge is 2.41. The highest BCUT2D eigenvalue weighted by atomic mass is 16.2. The van der Waals surface area contributed by atoms with Gasteiger partial charge in [-0.25, -0.2) is 0 Å². The van der Waals surface area contributed by atoms with Gasteiger partial charge in [0.2, 0.25) is 5.91 Å². The van der Waals surface area contributed by atoms with Crippen molar-refractivity contribution in [3.05, 3.63) is 29.3 Å². The maximum Gasteiger partial charge on any atom is 0.264 e. The first-order valence-electron chi connectivity index (χ1n) is 6.03. The van der Waals surface area contributed by atoms with Gasteiger partial charge in [0.1, 0.15) is 6.04 Å². The minimum atomic E-state index is -0.855. The number of benzene rings is 1. The molecule has 1 aromatic rings. The van der Waals surface area contributed by atoms with Crippen molar-refractivity contribution in [2.24, 2.45) is 0 Å². The molecule has 19 heavy (non-hydrogen) atoms. The largest absolute Gasteiger partial charge is 0.398 e. The number of amides is 3. The SMILES string of the molecule is CCNC(=O)C(C)N1C(=O)c2cccc(N)c2C1=O. The van der Waals surface area contributed by atoms with E-state index in [4.69, 9.17) is 5.73 Å². The van der Waals surface area contributed by atoms with E-state index < -0.39 is 17.9 Å². The smallest absolute Gasteiger partial charge is 0.264 e. The number of fused-ring (bicyclic) bond motifs is 1. The van der Waals surface area contributed by atoms with E-state index in [2.05, 4.69) is 5.32 Å². The summed E-state index contributed by atoms with van der Waals surface area (Å²) < 4.78 is 0. The molecule has 0 radical (unpaired) electrons. The zero-order chi connectivity index (χ0) is 14.2. The molecule has 1 aromatic carbocycles. The molecule has 100 valence electrons. The van der Waals surface area contributed by atoms with E-state index in [1.165, 1.54) is 13.0 Å². The van der Waals surface area contributed by atoms with Crippen LogP contribution in [0.1, 0.15) is 34.6 Å². The van der Waals surface area contributed by atoms with Crippen molar-refractivity contribution in [2.45, 2.75) is 19.9 Å². The van der Waals surface area contributed by atoms with Gasteiger partial charge in [-0.3, -0.25) is 19.3 Å². The Morgan fingerprint density at radius 2 is 2.05 bits per heavy atom. The summed E-state index contributed by atoms with van der Waals surface area (Å²) in [6.45, 7) is 3.72. The van der Waals surface area contributed by atoms with Gasteiger partial charge in [0, 0.05) is 12.2 Å². The number of hydrogen-bond donors (Lipinski definition) is 2. The average Bonchev–Trinajstić information content (AvgIpc) is 2.62. The van der Waals surface area contributed by atoms with Crippen molar-refractivity contribution in [1.29, 1.82) is 0 Å². The first kappa shape index (κ1) is 13.1. The van der Waals surface area contributed by atoms with E-state index in [9.17, 15) is 14.4 Å². The summed E-state index contributed by atoms with van der Waals surface area (Å²) in [6, 6.07) is 3.85. The van der Waals surface area contributed by atoms with Gasteiger partial charge >= 0.3 is 0 Å². The molecule has 0 spiro atoms. The van der Waals surface area contributed by atoms with Crippen molar-refractivity contribution in [3.63, 3.8) is 0 Å². The number of carbonyl (C=O) groups excluding carboxylic acids is 3. The number of nitrogen functional groups attached to an aromatic ring is 1. The van der Waals surface area contributed by atoms with Gasteiger partial charge in [-0.15, -0.1) is 0 Å². The Labute approximate surface area is 110 Å². The van der Waals surface area contributed by atoms with Crippen LogP contribution in [-0.4, -0.2) is 35.2 Å². The topological polar surface area (TPSA) is 92.5 Å². The van der Waals surface area contributed by atoms with Crippen LogP contribution < -0.4 is 11.1 Å². The third-order valence-electron chi connectivity index (χ3n) is 3.10. The molecular formula is C13H15N3O3. The van der Waals surface area contributed by atoms with Crippen LogP contribution in [0.15, 0.2) is 18.2 Å². The van der Waals surface area contributed by atoms with Crippen LogP contribution in [0.4, 0.5) is 5.69 Å². The van der Waals surface area contributed by atoms with E-state index >= 15 is 0 Å². The van der Waals surface area contributed by atoms with Crippen LogP contribution in [0.5, 0.6) is 0 Å². The van der Waals surface area contributed by atoms with Gasteiger partial charge in [-0.1, -0.05) is 6.07 Å². The molecule has 6 nitrogen and oxygen atoms in total. The number of nitrogens with two attached hydrogens (primary N) is 1. The molecule has 6 heteroatoms. The zero-order valence-corrected chi connectivity index (χ0v) is 10.8. The highest BCUT2D eigenvalue weighted by molar-refractivity contribution is 6.24. The van der Waals surface area contributed by atoms with Gasteiger partial charge in [-0.2, -0.15) is 0 Å². The summed E-state index contributed by atoms with van der Waals surface area (Å²) in [6.07, 6.45) is 0. The summed E-state index contributed by atoms with van der Waals surface area (Å²) in [5, 5.41) is 2.59. The van der Waals surface area contributed by atoms with Gasteiger partial charge in [0.05, 0.1) is 11.1 Å². The summed E-state index contributed by atoms with van der Waals surface area (Å²) in [5.41, 5.74) is 6.41. The highest BCUT2D eigenvalue weighted by Crippen LogP contribution is 2.28. The first-order valence-corrected chi connectivity index (χ1v) is 6.03. The maximum atomic E-state index is 12.2. The number of nitrogens with zero attached hydrogens (tertiary/aromatic N) is 1. The molecule has 2 rings (SSSR count). The molecule has 1 atom stereocenters. The number of carbonyl (C=O) groups is 3. The van der Waals surface area contributed by atoms with Gasteiger partial charge in [0.15, 0.2) is 0 Å². The van der Waals surface area contributed by atoms with E-state index in [1.54, 1.807) is 19.1 Å². The van der Waals surface area contributed by atoms with Crippen LogP contribution in [-0.2, 0) is 4.79 Å². The predicted molar refractivity (Wildman–Crippen MR) is 69.5 cm³/mol. The van der Waals surface area contributed by atoms with E-state index in [0.717, 1.165) is 4.90 Å². The fraction of sp³-hybridized carbons (Fsp3) is 0.308. The molecule has 3 amide bonds. The third kappa shape index (κ3) is 1.95. The minimum absolute atomic E-state index is 0.184. The molecule has 1 aliphatic rings. The molecular weight excluding hydrogens is 246 g/mol. The normalized spacial score (nSPS) is 15.4. The van der Waals surface area contributed by atoms with Gasteiger partial charge in [0.25, 0.3) is 11.8 Å². The summed E-state index contributed by atoms with van der Waals surface area (Å²) in [7, 11) is 0. The van der Waals surface area contributed by atoms with Crippen LogP contribution >= 0.6 is 0 Å². The second-order valence-electron chi connectivity index (χ2n) is 4.32. The van der Waals surface area contributed by atoms with E-state index in [-0.39, 0.29) is 22.7 Å². The average molecular weight is 261 g/mol. The fourth-order valence-electron chi connectivity index (χ4n) is 2.12. The molecule has 3 N–H and O–H groups in total. The first-order chi connectivity index (χ1) is 8.99. The molecule has 1 heterocycles. The third-order valence-corrected chi connectivity index (χ3v) is 3.10. The maximum absolute atomic E-state index is 12.2. The zero-order valence-electron chi connectivity index (χ0n) is 10.8. The Morgan fingerprint density at radius 3 is 2.63 bits per heavy atom. The molecule has 0 saturated carbocycles. The Kier molecular flexibility index (Phi) is 3.25. The molecule has 1 aliphatic heterocycles. The minimum Gasteiger partial charge on any atom is -0.398 e. The standard InChI is InChI=1S/C13H15N3O3/c1-3-15-11(17)7(2)16-12(18)8-5-4-6-9(14)10(8)13(16)19/h4-7H,3,14H2,1-2H3,(H,15,17). The molecule has 0 fully saturated rings. The summed E-state index contributed by atoms with van der Waals surface area (Å²) in [5.74, 6) is -1.36. The summed E-state index contributed by atoms with van der Waals surface area (Å²) in [4.78, 5) is 37.1. The van der Waals surface area contributed by atoms with E-state index in [1.807, 2.05) is 0 Å². The number of anilines is 1. The Hall–Kier alpha value is -2.37. The predicted octanol–water partition coefficient (Wildman–Crippen LogP) is 0.389. The van der Waals surface area contributed by atoms with Crippen molar-refractivity contribution in [1.82, 2.24) is 10.2 Å². The number of likely N-dealkylation sites (N-methyl/N-ethyl adjacent to an activating group) is 1. The van der Waals surface area contributed by atoms with Crippen molar-refractivity contribution in [2.75, 3.05) is 12.3 Å². The summed E-state index contributed by atoms with van der Waals surface area (Å²) >= 11 is 0. The second-order valence-corrected chi connectivity index (χ2v) is 4.32. The monoisotopic (exact) mass is 261 g/mol. The van der Waals surface area contributed by atoms with Crippen LogP contribution in [0.25, 0.3) is 0 Å². The van der Waals surface area contributed by atoms with Gasteiger partial charge < -0.3 is 11.1 Å². The lowest BCUT2D eigenvalue weighted by Gasteiger charge is -2.21. The van der Waals surface area contributed by atoms with Crippen molar-refractivity contribution < 1.29 is 14.4 Å². The van der Waals surface area contributed by atoms with Gasteiger partial charge in [-0.05, 0) is 26.0 Å². The van der Waals surface area contributed by atoms with E-state index in [0.29, 0.717) is 6.54 Å². The Morgan fingerprint density at radius 1 is 1.37 bits per heavy atom. The van der Waals surface area contributed by atoms with Crippen LogP contribution in [0, 0.1) is 0 Å². The van der Waals surface area contributed by atoms with Crippen molar-refractivity contribution >= 4 is 23.4 Å². The fourth-order valence-corrected chi connectivity index (χ4v) is 2.12. The van der Waals surface area contributed by atoms with Crippen LogP contribution in [0.3, 0.4) is 0 Å². The number of rotatable bonds is 3. The van der Waals surface area contributed by atoms with Crippen molar-refractivity contribution in [3.8, 4) is 0 Å². The Bertz CT molecular complexity index is 568. The molecule has 0 saturated heterocycles. The van der Waals surface area contributed by atoms with Crippen LogP contribution in [0.2, 0.25) is 0 Å². The second kappa shape index (κ2) is 4.72. The molecule has 1 unspecified atom stereocenters. The molecule has 0 bridgehead atoms. The molecule has 0 aromatic heterocycles. The number of hydrogen-bond acceptors (Lipinski definition) is 4. The Balaban J connectivity index is 2.38. The number of nitrogens with one attached hydrogen (secondary N) is 1. The quantitative estimate of drug-likeness (QED) is 0.608.